The molecule has 160 valence electrons. The summed E-state index contributed by atoms with van der Waals surface area (Å²) in [4.78, 5) is 17.3. The molecule has 1 aromatic carbocycles. The second-order valence-corrected chi connectivity index (χ2v) is 8.82. The predicted molar refractivity (Wildman–Crippen MR) is 118 cm³/mol. The van der Waals surface area contributed by atoms with Gasteiger partial charge in [-0.1, -0.05) is 12.1 Å². The SMILES string of the molecule is CCOC(=O)C1=C(CNC(N)=S)N=C(C)C(C#N)C1c1cccc(NS(C)(=O)=O)c1. The van der Waals surface area contributed by atoms with Gasteiger partial charge in [0.15, 0.2) is 5.11 Å². The smallest absolute Gasteiger partial charge is 0.336 e. The van der Waals surface area contributed by atoms with Crippen LogP contribution in [0.1, 0.15) is 25.3 Å². The predicted octanol–water partition coefficient (Wildman–Crippen LogP) is 1.41. The van der Waals surface area contributed by atoms with Crippen LogP contribution in [0.15, 0.2) is 40.5 Å². The standard InChI is InChI=1S/C19H23N5O4S2/c1-4-28-18(25)17-15(10-22-19(21)29)23-11(2)14(9-20)16(17)12-6-5-7-13(8-12)24-30(3,26)27/h5-8,14,16,24H,4,10H2,1-3H3,(H3,21,22,29). The molecule has 30 heavy (non-hydrogen) atoms. The van der Waals surface area contributed by atoms with Gasteiger partial charge in [-0.3, -0.25) is 9.71 Å². The summed E-state index contributed by atoms with van der Waals surface area (Å²) < 4.78 is 30.9. The Kier molecular flexibility index (Phi) is 7.53. The normalized spacial score (nSPS) is 18.8. The number of carbonyl (C=O) groups excluding carboxylic acids is 1. The number of hydrogen-bond donors (Lipinski definition) is 3. The highest BCUT2D eigenvalue weighted by Crippen LogP contribution is 2.39. The largest absolute Gasteiger partial charge is 0.463 e. The van der Waals surface area contributed by atoms with Crippen LogP contribution in [0, 0.1) is 17.2 Å². The third kappa shape index (κ3) is 5.77. The lowest BCUT2D eigenvalue weighted by molar-refractivity contribution is -0.139. The number of nitrogens with one attached hydrogen (secondary N) is 2. The summed E-state index contributed by atoms with van der Waals surface area (Å²) in [5.41, 5.74) is 7.48. The van der Waals surface area contributed by atoms with Crippen LogP contribution in [0.5, 0.6) is 0 Å². The quantitative estimate of drug-likeness (QED) is 0.418. The van der Waals surface area contributed by atoms with Crippen molar-refractivity contribution in [1.29, 1.82) is 5.26 Å². The van der Waals surface area contributed by atoms with Crippen LogP contribution in [-0.2, 0) is 19.6 Å². The maximum absolute atomic E-state index is 12.9. The van der Waals surface area contributed by atoms with Gasteiger partial charge in [0.25, 0.3) is 0 Å². The number of thiocarbonyl (C=S) groups is 1. The summed E-state index contributed by atoms with van der Waals surface area (Å²) in [7, 11) is -3.50. The molecule has 1 heterocycles. The van der Waals surface area contributed by atoms with E-state index in [0.717, 1.165) is 6.26 Å². The molecular weight excluding hydrogens is 426 g/mol. The Hall–Kier alpha value is -2.97. The molecule has 1 aliphatic heterocycles. The van der Waals surface area contributed by atoms with Crippen molar-refractivity contribution < 1.29 is 17.9 Å². The minimum absolute atomic E-state index is 0.0388. The van der Waals surface area contributed by atoms with Crippen LogP contribution in [0.4, 0.5) is 5.69 Å². The fraction of sp³-hybridized carbons (Fsp3) is 0.368. The van der Waals surface area contributed by atoms with Gasteiger partial charge in [0.1, 0.15) is 0 Å². The fourth-order valence-electron chi connectivity index (χ4n) is 3.23. The van der Waals surface area contributed by atoms with E-state index in [1.807, 2.05) is 0 Å². The molecule has 0 fully saturated rings. The maximum Gasteiger partial charge on any atom is 0.336 e. The molecule has 0 spiro atoms. The van der Waals surface area contributed by atoms with E-state index >= 15 is 0 Å². The van der Waals surface area contributed by atoms with Crippen molar-refractivity contribution in [1.82, 2.24) is 5.32 Å². The van der Waals surface area contributed by atoms with Crippen molar-refractivity contribution in [3.05, 3.63) is 41.1 Å². The number of anilines is 1. The molecule has 11 heteroatoms. The van der Waals surface area contributed by atoms with Crippen molar-refractivity contribution in [2.75, 3.05) is 24.1 Å². The Bertz CT molecular complexity index is 1060. The fourth-order valence-corrected chi connectivity index (χ4v) is 3.85. The topological polar surface area (TPSA) is 147 Å². The Labute approximate surface area is 181 Å². The minimum Gasteiger partial charge on any atom is -0.463 e. The number of benzene rings is 1. The van der Waals surface area contributed by atoms with E-state index in [0.29, 0.717) is 22.7 Å². The van der Waals surface area contributed by atoms with Gasteiger partial charge in [-0.2, -0.15) is 5.26 Å². The van der Waals surface area contributed by atoms with Gasteiger partial charge in [-0.05, 0) is 43.8 Å². The summed E-state index contributed by atoms with van der Waals surface area (Å²) in [6, 6.07) is 8.74. The Morgan fingerprint density at radius 1 is 1.43 bits per heavy atom. The molecule has 0 aromatic heterocycles. The molecule has 0 saturated carbocycles. The molecule has 0 aliphatic carbocycles. The lowest BCUT2D eigenvalue weighted by Crippen LogP contribution is -2.35. The highest BCUT2D eigenvalue weighted by atomic mass is 32.2. The first-order valence-electron chi connectivity index (χ1n) is 9.03. The van der Waals surface area contributed by atoms with Gasteiger partial charge >= 0.3 is 5.97 Å². The number of nitriles is 1. The number of nitrogens with zero attached hydrogens (tertiary/aromatic N) is 2. The van der Waals surface area contributed by atoms with Crippen molar-refractivity contribution in [2.24, 2.45) is 16.6 Å². The van der Waals surface area contributed by atoms with Crippen LogP contribution < -0.4 is 15.8 Å². The van der Waals surface area contributed by atoms with E-state index in [1.54, 1.807) is 38.1 Å². The van der Waals surface area contributed by atoms with Crippen LogP contribution in [0.3, 0.4) is 0 Å². The van der Waals surface area contributed by atoms with E-state index < -0.39 is 27.8 Å². The maximum atomic E-state index is 12.9. The molecule has 1 aromatic rings. The first-order chi connectivity index (χ1) is 14.1. The number of hydrogen-bond acceptors (Lipinski definition) is 7. The van der Waals surface area contributed by atoms with Crippen molar-refractivity contribution in [3.8, 4) is 6.07 Å². The van der Waals surface area contributed by atoms with Crippen molar-refractivity contribution >= 4 is 44.7 Å². The monoisotopic (exact) mass is 449 g/mol. The Balaban J connectivity index is 2.66. The molecule has 4 N–H and O–H groups in total. The molecule has 1 aliphatic rings. The van der Waals surface area contributed by atoms with Crippen molar-refractivity contribution in [3.63, 3.8) is 0 Å². The average molecular weight is 450 g/mol. The third-order valence-electron chi connectivity index (χ3n) is 4.33. The number of esters is 1. The van der Waals surface area contributed by atoms with E-state index in [2.05, 4.69) is 21.1 Å². The van der Waals surface area contributed by atoms with Crippen LogP contribution in [0.25, 0.3) is 0 Å². The molecular formula is C19H23N5O4S2. The first kappa shape index (κ1) is 23.3. The average Bonchev–Trinajstić information content (AvgIpc) is 2.64. The van der Waals surface area contributed by atoms with E-state index in [9.17, 15) is 18.5 Å². The second kappa shape index (κ2) is 9.69. The lowest BCUT2D eigenvalue weighted by atomic mass is 9.76. The molecule has 0 amide bonds. The van der Waals surface area contributed by atoms with E-state index in [4.69, 9.17) is 22.7 Å². The third-order valence-corrected chi connectivity index (χ3v) is 5.08. The first-order valence-corrected chi connectivity index (χ1v) is 11.3. The van der Waals surface area contributed by atoms with E-state index in [1.165, 1.54) is 0 Å². The van der Waals surface area contributed by atoms with Gasteiger partial charge in [0, 0.05) is 17.3 Å². The molecule has 0 radical (unpaired) electrons. The number of carbonyl (C=O) groups is 1. The van der Waals surface area contributed by atoms with Gasteiger partial charge < -0.3 is 15.8 Å². The molecule has 2 atom stereocenters. The Morgan fingerprint density at radius 2 is 2.13 bits per heavy atom. The Morgan fingerprint density at radius 3 is 2.70 bits per heavy atom. The van der Waals surface area contributed by atoms with Crippen LogP contribution in [0.2, 0.25) is 0 Å². The van der Waals surface area contributed by atoms with E-state index in [-0.39, 0.29) is 23.8 Å². The highest BCUT2D eigenvalue weighted by molar-refractivity contribution is 7.92. The number of rotatable bonds is 7. The lowest BCUT2D eigenvalue weighted by Gasteiger charge is -2.30. The molecule has 0 saturated heterocycles. The summed E-state index contributed by atoms with van der Waals surface area (Å²) in [6.07, 6.45) is 1.04. The van der Waals surface area contributed by atoms with Gasteiger partial charge in [-0.25, -0.2) is 13.2 Å². The number of sulfonamides is 1. The van der Waals surface area contributed by atoms with Crippen molar-refractivity contribution in [2.45, 2.75) is 19.8 Å². The zero-order valence-electron chi connectivity index (χ0n) is 16.8. The number of aliphatic imine (C=N–C) groups is 1. The molecule has 0 bridgehead atoms. The summed E-state index contributed by atoms with van der Waals surface area (Å²) >= 11 is 4.85. The number of ether oxygens (including phenoxy) is 1. The minimum atomic E-state index is -3.50. The van der Waals surface area contributed by atoms with Gasteiger partial charge in [0.2, 0.25) is 10.0 Å². The zero-order chi connectivity index (χ0) is 22.5. The molecule has 2 unspecified atom stereocenters. The highest BCUT2D eigenvalue weighted by Gasteiger charge is 2.38. The zero-order valence-corrected chi connectivity index (χ0v) is 18.4. The number of nitrogens with two attached hydrogens (primary N) is 1. The van der Waals surface area contributed by atoms with Gasteiger partial charge in [-0.15, -0.1) is 0 Å². The molecule has 2 rings (SSSR count). The van der Waals surface area contributed by atoms with Crippen LogP contribution >= 0.6 is 12.2 Å². The van der Waals surface area contributed by atoms with Crippen LogP contribution in [-0.4, -0.2) is 44.6 Å². The summed E-state index contributed by atoms with van der Waals surface area (Å²) in [6.45, 7) is 3.59. The second-order valence-electron chi connectivity index (χ2n) is 6.64. The van der Waals surface area contributed by atoms with Gasteiger partial charge in [0.05, 0.1) is 42.7 Å². The molecule has 9 nitrogen and oxygen atoms in total. The summed E-state index contributed by atoms with van der Waals surface area (Å²) in [5, 5.41) is 12.6. The summed E-state index contributed by atoms with van der Waals surface area (Å²) in [5.74, 6) is -2.07.